The van der Waals surface area contributed by atoms with E-state index in [2.05, 4.69) is 24.2 Å². The number of carboxylic acids is 1. The van der Waals surface area contributed by atoms with E-state index in [1.165, 1.54) is 19.4 Å². The predicted molar refractivity (Wildman–Crippen MR) is 102 cm³/mol. The fourth-order valence-corrected chi connectivity index (χ4v) is 5.05. The molecule has 0 aliphatic carbocycles. The molecule has 0 amide bonds. The molecule has 2 N–H and O–H groups in total. The Morgan fingerprint density at radius 3 is 3.04 bits per heavy atom. The molecule has 0 radical (unpaired) electrons. The minimum absolute atomic E-state index is 0.0886. The number of thiophene rings is 1. The maximum atomic E-state index is 11.4. The summed E-state index contributed by atoms with van der Waals surface area (Å²) in [6.07, 6.45) is 3.96. The van der Waals surface area contributed by atoms with Gasteiger partial charge in [0.2, 0.25) is 0 Å². The number of hydrogen-bond acceptors (Lipinski definition) is 6. The van der Waals surface area contributed by atoms with Crippen molar-refractivity contribution in [2.75, 3.05) is 27.2 Å². The lowest BCUT2D eigenvalue weighted by Gasteiger charge is -2.22. The van der Waals surface area contributed by atoms with E-state index < -0.39 is 12.0 Å². The first-order valence-corrected chi connectivity index (χ1v) is 10.3. The maximum absolute atomic E-state index is 11.4. The first kappa shape index (κ1) is 19.6. The highest BCUT2D eigenvalue weighted by molar-refractivity contribution is 7.10. The third-order valence-electron chi connectivity index (χ3n) is 5.70. The van der Waals surface area contributed by atoms with Crippen molar-refractivity contribution in [1.29, 1.82) is 0 Å². The molecule has 6 nitrogen and oxygen atoms in total. The SMILES string of the molecule is CNC(C(=O)O)[C@@H]1OC(c2sccc2OCCC2CCCN2C)C[C@H]1C. The highest BCUT2D eigenvalue weighted by Crippen LogP contribution is 2.44. The topological polar surface area (TPSA) is 71.0 Å². The molecule has 2 aliphatic rings. The van der Waals surface area contributed by atoms with Crippen LogP contribution in [0.5, 0.6) is 5.75 Å². The molecule has 146 valence electrons. The molecule has 7 heteroatoms. The van der Waals surface area contributed by atoms with E-state index in [1.54, 1.807) is 18.4 Å². The number of nitrogens with one attached hydrogen (secondary N) is 1. The molecule has 3 rings (SSSR count). The Hall–Kier alpha value is -1.15. The number of carboxylic acid groups (broad SMARTS) is 1. The Morgan fingerprint density at radius 2 is 2.38 bits per heavy atom. The molecule has 0 saturated carbocycles. The highest BCUT2D eigenvalue weighted by Gasteiger charge is 2.41. The summed E-state index contributed by atoms with van der Waals surface area (Å²) in [5.41, 5.74) is 0. The van der Waals surface area contributed by atoms with E-state index in [0.717, 1.165) is 23.5 Å². The van der Waals surface area contributed by atoms with Gasteiger partial charge in [0.05, 0.1) is 23.7 Å². The van der Waals surface area contributed by atoms with Crippen molar-refractivity contribution < 1.29 is 19.4 Å². The number of hydrogen-bond donors (Lipinski definition) is 2. The van der Waals surface area contributed by atoms with Gasteiger partial charge in [-0.05, 0) is 63.7 Å². The Labute approximate surface area is 159 Å². The van der Waals surface area contributed by atoms with Crippen LogP contribution in [0.25, 0.3) is 0 Å². The van der Waals surface area contributed by atoms with Gasteiger partial charge < -0.3 is 24.8 Å². The number of aliphatic carboxylic acids is 1. The standard InChI is InChI=1S/C19H30N2O4S/c1-12-11-15(25-17(12)16(20-2)19(22)23)18-14(7-10-26-18)24-9-6-13-5-4-8-21(13)3/h7,10,12-13,15-17,20H,4-6,8-9,11H2,1-3H3,(H,22,23)/t12-,13?,15?,16?,17-/m1/s1. The van der Waals surface area contributed by atoms with E-state index in [9.17, 15) is 9.90 Å². The third kappa shape index (κ3) is 4.22. The van der Waals surface area contributed by atoms with Crippen LogP contribution < -0.4 is 10.1 Å². The summed E-state index contributed by atoms with van der Waals surface area (Å²) in [6.45, 7) is 3.94. The maximum Gasteiger partial charge on any atom is 0.323 e. The van der Waals surface area contributed by atoms with E-state index in [-0.39, 0.29) is 18.1 Å². The monoisotopic (exact) mass is 382 g/mol. The van der Waals surface area contributed by atoms with Crippen LogP contribution in [0.3, 0.4) is 0 Å². The Bertz CT molecular complexity index is 608. The zero-order valence-electron chi connectivity index (χ0n) is 15.8. The second-order valence-electron chi connectivity index (χ2n) is 7.47. The summed E-state index contributed by atoms with van der Waals surface area (Å²) in [5.74, 6) is 0.203. The van der Waals surface area contributed by atoms with E-state index >= 15 is 0 Å². The van der Waals surface area contributed by atoms with Crippen molar-refractivity contribution in [2.24, 2.45) is 5.92 Å². The van der Waals surface area contributed by atoms with Gasteiger partial charge in [-0.15, -0.1) is 11.3 Å². The largest absolute Gasteiger partial charge is 0.492 e. The van der Waals surface area contributed by atoms with Gasteiger partial charge in [0.1, 0.15) is 11.8 Å². The van der Waals surface area contributed by atoms with Gasteiger partial charge in [-0.1, -0.05) is 6.92 Å². The average molecular weight is 383 g/mol. The summed E-state index contributed by atoms with van der Waals surface area (Å²) in [5, 5.41) is 14.3. The molecule has 0 bridgehead atoms. The summed E-state index contributed by atoms with van der Waals surface area (Å²) in [6, 6.07) is 1.94. The lowest BCUT2D eigenvalue weighted by molar-refractivity contribution is -0.144. The lowest BCUT2D eigenvalue weighted by Crippen LogP contribution is -2.46. The summed E-state index contributed by atoms with van der Waals surface area (Å²) in [7, 11) is 3.85. The molecular weight excluding hydrogens is 352 g/mol. The second kappa shape index (κ2) is 8.69. The Kier molecular flexibility index (Phi) is 6.55. The highest BCUT2D eigenvalue weighted by atomic mass is 32.1. The van der Waals surface area contributed by atoms with Crippen LogP contribution in [0, 0.1) is 5.92 Å². The Balaban J connectivity index is 1.58. The molecule has 0 aromatic carbocycles. The predicted octanol–water partition coefficient (Wildman–Crippen LogP) is 2.75. The quantitative estimate of drug-likeness (QED) is 0.720. The fraction of sp³-hybridized carbons (Fsp3) is 0.737. The van der Waals surface area contributed by atoms with Crippen LogP contribution in [-0.2, 0) is 9.53 Å². The number of rotatable bonds is 8. The molecule has 5 atom stereocenters. The molecule has 1 aromatic rings. The zero-order chi connectivity index (χ0) is 18.7. The lowest BCUT2D eigenvalue weighted by atomic mass is 9.96. The van der Waals surface area contributed by atoms with Gasteiger partial charge >= 0.3 is 5.97 Å². The minimum Gasteiger partial charge on any atom is -0.492 e. The van der Waals surface area contributed by atoms with E-state index in [4.69, 9.17) is 9.47 Å². The number of ether oxygens (including phenoxy) is 2. The van der Waals surface area contributed by atoms with Crippen molar-refractivity contribution in [3.63, 3.8) is 0 Å². The molecular formula is C19H30N2O4S. The normalized spacial score (nSPS) is 30.6. The molecule has 2 saturated heterocycles. The van der Waals surface area contributed by atoms with Crippen LogP contribution in [0.1, 0.15) is 43.6 Å². The van der Waals surface area contributed by atoms with Crippen molar-refractivity contribution in [3.05, 3.63) is 16.3 Å². The summed E-state index contributed by atoms with van der Waals surface area (Å²) in [4.78, 5) is 14.9. The van der Waals surface area contributed by atoms with E-state index in [1.807, 2.05) is 11.4 Å². The number of likely N-dealkylation sites (tertiary alicyclic amines) is 1. The van der Waals surface area contributed by atoms with Crippen LogP contribution in [0.15, 0.2) is 11.4 Å². The van der Waals surface area contributed by atoms with Gasteiger partial charge in [-0.25, -0.2) is 0 Å². The van der Waals surface area contributed by atoms with Gasteiger partial charge in [0.25, 0.3) is 0 Å². The second-order valence-corrected chi connectivity index (χ2v) is 8.42. The molecule has 1 aromatic heterocycles. The smallest absolute Gasteiger partial charge is 0.323 e. The Morgan fingerprint density at radius 1 is 1.58 bits per heavy atom. The first-order chi connectivity index (χ1) is 12.5. The fourth-order valence-electron chi connectivity index (χ4n) is 4.17. The third-order valence-corrected chi connectivity index (χ3v) is 6.69. The molecule has 26 heavy (non-hydrogen) atoms. The van der Waals surface area contributed by atoms with Gasteiger partial charge in [0, 0.05) is 6.04 Å². The van der Waals surface area contributed by atoms with Crippen molar-refractivity contribution in [1.82, 2.24) is 10.2 Å². The van der Waals surface area contributed by atoms with E-state index in [0.29, 0.717) is 12.6 Å². The van der Waals surface area contributed by atoms with Gasteiger partial charge in [0.15, 0.2) is 0 Å². The zero-order valence-corrected chi connectivity index (χ0v) is 16.6. The summed E-state index contributed by atoms with van der Waals surface area (Å²) < 4.78 is 12.2. The van der Waals surface area contributed by atoms with Gasteiger partial charge in [-0.3, -0.25) is 4.79 Å². The minimum atomic E-state index is -0.867. The summed E-state index contributed by atoms with van der Waals surface area (Å²) >= 11 is 1.63. The van der Waals surface area contributed by atoms with Crippen molar-refractivity contribution in [2.45, 2.75) is 56.9 Å². The number of likely N-dealkylation sites (N-methyl/N-ethyl adjacent to an activating group) is 1. The van der Waals surface area contributed by atoms with Crippen LogP contribution in [0.2, 0.25) is 0 Å². The van der Waals surface area contributed by atoms with Crippen molar-refractivity contribution in [3.8, 4) is 5.75 Å². The van der Waals surface area contributed by atoms with Crippen LogP contribution in [-0.4, -0.2) is 61.4 Å². The molecule has 2 fully saturated rings. The van der Waals surface area contributed by atoms with Crippen molar-refractivity contribution >= 4 is 17.3 Å². The average Bonchev–Trinajstić information content (AvgIpc) is 3.30. The number of nitrogens with zero attached hydrogens (tertiary/aromatic N) is 1. The molecule has 0 spiro atoms. The van der Waals surface area contributed by atoms with Gasteiger partial charge in [-0.2, -0.15) is 0 Å². The van der Waals surface area contributed by atoms with Crippen LogP contribution in [0.4, 0.5) is 0 Å². The number of carbonyl (C=O) groups is 1. The molecule has 3 heterocycles. The molecule has 2 aliphatic heterocycles. The molecule has 3 unspecified atom stereocenters. The van der Waals surface area contributed by atoms with Crippen LogP contribution >= 0.6 is 11.3 Å². The first-order valence-electron chi connectivity index (χ1n) is 9.47.